The Hall–Kier alpha value is -3.33. The van der Waals surface area contributed by atoms with E-state index in [4.69, 9.17) is 9.47 Å². The van der Waals surface area contributed by atoms with Crippen LogP contribution in [-0.4, -0.2) is 6.16 Å². The van der Waals surface area contributed by atoms with Gasteiger partial charge in [-0.2, -0.15) is 0 Å². The summed E-state index contributed by atoms with van der Waals surface area (Å²) in [6, 6.07) is 28.1. The van der Waals surface area contributed by atoms with Gasteiger partial charge in [-0.1, -0.05) is 84.9 Å². The number of hydrogen-bond acceptors (Lipinski definition) is 3. The van der Waals surface area contributed by atoms with Crippen LogP contribution in [0.2, 0.25) is 0 Å². The normalized spacial score (nSPS) is 13.2. The van der Waals surface area contributed by atoms with Gasteiger partial charge >= 0.3 is 6.16 Å². The molecule has 0 spiro atoms. The highest BCUT2D eigenvalue weighted by molar-refractivity contribution is 5.87. The Bertz CT molecular complexity index is 1030. The van der Waals surface area contributed by atoms with Gasteiger partial charge in [0.2, 0.25) is 0 Å². The summed E-state index contributed by atoms with van der Waals surface area (Å²) in [6.07, 6.45) is -1.47. The van der Waals surface area contributed by atoms with Crippen LogP contribution in [0.4, 0.5) is 4.79 Å². The van der Waals surface area contributed by atoms with Gasteiger partial charge in [0.15, 0.2) is 0 Å². The Morgan fingerprint density at radius 2 is 1.00 bits per heavy atom. The fraction of sp³-hybridized carbons (Fsp3) is 0.160. The van der Waals surface area contributed by atoms with Gasteiger partial charge in [0.05, 0.1) is 0 Å². The number of carbonyl (C=O) groups is 1. The summed E-state index contributed by atoms with van der Waals surface area (Å²) in [4.78, 5) is 12.4. The molecule has 2 atom stereocenters. The van der Waals surface area contributed by atoms with Gasteiger partial charge in [-0.15, -0.1) is 0 Å². The lowest BCUT2D eigenvalue weighted by atomic mass is 10.0. The number of benzene rings is 4. The molecule has 0 amide bonds. The summed E-state index contributed by atoms with van der Waals surface area (Å²) in [5.74, 6) is 0. The van der Waals surface area contributed by atoms with Crippen LogP contribution in [0.1, 0.15) is 37.2 Å². The molecule has 3 nitrogen and oxygen atoms in total. The molecule has 0 saturated heterocycles. The molecule has 0 aliphatic heterocycles. The Morgan fingerprint density at radius 3 is 1.46 bits per heavy atom. The van der Waals surface area contributed by atoms with Gasteiger partial charge < -0.3 is 9.47 Å². The van der Waals surface area contributed by atoms with Crippen molar-refractivity contribution in [1.29, 1.82) is 0 Å². The number of hydrogen-bond donors (Lipinski definition) is 0. The van der Waals surface area contributed by atoms with Crippen LogP contribution in [0.25, 0.3) is 21.5 Å². The first-order chi connectivity index (χ1) is 13.6. The highest BCUT2D eigenvalue weighted by atomic mass is 16.7. The van der Waals surface area contributed by atoms with E-state index < -0.39 is 18.4 Å². The third-order valence-corrected chi connectivity index (χ3v) is 5.07. The predicted molar refractivity (Wildman–Crippen MR) is 112 cm³/mol. The van der Waals surface area contributed by atoms with Crippen molar-refractivity contribution in [3.05, 3.63) is 96.1 Å². The molecule has 0 N–H and O–H groups in total. The van der Waals surface area contributed by atoms with E-state index in [-0.39, 0.29) is 0 Å². The Morgan fingerprint density at radius 1 is 0.607 bits per heavy atom. The van der Waals surface area contributed by atoms with Crippen LogP contribution in [0, 0.1) is 0 Å². The van der Waals surface area contributed by atoms with Crippen molar-refractivity contribution in [2.45, 2.75) is 26.1 Å². The summed E-state index contributed by atoms with van der Waals surface area (Å²) >= 11 is 0. The molecule has 4 rings (SSSR count). The number of rotatable bonds is 4. The molecular weight excluding hydrogens is 348 g/mol. The molecule has 140 valence electrons. The van der Waals surface area contributed by atoms with Gasteiger partial charge in [0.1, 0.15) is 12.2 Å². The third kappa shape index (κ3) is 3.56. The summed E-state index contributed by atoms with van der Waals surface area (Å²) in [7, 11) is 0. The molecule has 0 aromatic heterocycles. The first-order valence-corrected chi connectivity index (χ1v) is 9.46. The molecule has 28 heavy (non-hydrogen) atoms. The van der Waals surface area contributed by atoms with Crippen molar-refractivity contribution in [3.8, 4) is 0 Å². The summed E-state index contributed by atoms with van der Waals surface area (Å²) in [5.41, 5.74) is 1.93. The van der Waals surface area contributed by atoms with Crippen molar-refractivity contribution >= 4 is 27.7 Å². The van der Waals surface area contributed by atoms with E-state index >= 15 is 0 Å². The molecule has 3 heteroatoms. The Balaban J connectivity index is 1.50. The topological polar surface area (TPSA) is 35.5 Å². The summed E-state index contributed by atoms with van der Waals surface area (Å²) in [5, 5.41) is 4.39. The van der Waals surface area contributed by atoms with Gasteiger partial charge in [-0.05, 0) is 35.4 Å². The number of fused-ring (bicyclic) bond motifs is 2. The van der Waals surface area contributed by atoms with Crippen molar-refractivity contribution in [2.75, 3.05) is 0 Å². The summed E-state index contributed by atoms with van der Waals surface area (Å²) < 4.78 is 11.2. The third-order valence-electron chi connectivity index (χ3n) is 5.07. The molecule has 4 aromatic rings. The van der Waals surface area contributed by atoms with Crippen LogP contribution < -0.4 is 0 Å². The molecule has 0 radical (unpaired) electrons. The van der Waals surface area contributed by atoms with E-state index in [2.05, 4.69) is 0 Å². The lowest BCUT2D eigenvalue weighted by molar-refractivity contribution is 0.00696. The van der Waals surface area contributed by atoms with Crippen LogP contribution in [-0.2, 0) is 9.47 Å². The second-order valence-electron chi connectivity index (χ2n) is 6.91. The minimum absolute atomic E-state index is 0.404. The highest BCUT2D eigenvalue weighted by Gasteiger charge is 2.19. The first kappa shape index (κ1) is 18.1. The fourth-order valence-electron chi connectivity index (χ4n) is 3.65. The zero-order valence-corrected chi connectivity index (χ0v) is 16.0. The van der Waals surface area contributed by atoms with Crippen LogP contribution in [0.15, 0.2) is 84.9 Å². The van der Waals surface area contributed by atoms with E-state index in [1.807, 2.05) is 98.8 Å². The maximum atomic E-state index is 12.4. The molecule has 2 unspecified atom stereocenters. The van der Waals surface area contributed by atoms with Crippen molar-refractivity contribution in [3.63, 3.8) is 0 Å². The van der Waals surface area contributed by atoms with E-state index in [1.165, 1.54) is 0 Å². The Kier molecular flexibility index (Phi) is 4.98. The van der Waals surface area contributed by atoms with Crippen molar-refractivity contribution < 1.29 is 14.3 Å². The van der Waals surface area contributed by atoms with Gasteiger partial charge in [-0.25, -0.2) is 4.79 Å². The monoisotopic (exact) mass is 370 g/mol. The van der Waals surface area contributed by atoms with E-state index in [0.717, 1.165) is 32.7 Å². The van der Waals surface area contributed by atoms with Crippen molar-refractivity contribution in [1.82, 2.24) is 0 Å². The summed E-state index contributed by atoms with van der Waals surface area (Å²) in [6.45, 7) is 3.73. The molecule has 0 saturated carbocycles. The van der Waals surface area contributed by atoms with Gasteiger partial charge in [0, 0.05) is 11.1 Å². The minimum Gasteiger partial charge on any atom is -0.426 e. The van der Waals surface area contributed by atoms with Gasteiger partial charge in [-0.3, -0.25) is 0 Å². The van der Waals surface area contributed by atoms with Crippen molar-refractivity contribution in [2.24, 2.45) is 0 Å². The first-order valence-electron chi connectivity index (χ1n) is 9.46. The smallest absolute Gasteiger partial charge is 0.426 e. The molecule has 0 aliphatic carbocycles. The molecule has 0 fully saturated rings. The second-order valence-corrected chi connectivity index (χ2v) is 6.91. The standard InChI is InChI=1S/C25H22O3/c1-17(21-15-7-11-19-9-3-5-13-23(19)21)27-25(26)28-18(2)22-16-8-12-20-10-4-6-14-24(20)22/h3-18H,1-2H3. The zero-order chi connectivity index (χ0) is 19.5. The minimum atomic E-state index is -0.666. The van der Waals surface area contributed by atoms with Crippen LogP contribution in [0.3, 0.4) is 0 Å². The highest BCUT2D eigenvalue weighted by Crippen LogP contribution is 2.29. The van der Waals surface area contributed by atoms with Crippen LogP contribution in [0.5, 0.6) is 0 Å². The van der Waals surface area contributed by atoms with E-state index in [9.17, 15) is 4.79 Å². The number of ether oxygens (including phenoxy) is 2. The average Bonchev–Trinajstić information content (AvgIpc) is 2.72. The molecule has 0 aliphatic rings. The van der Waals surface area contributed by atoms with E-state index in [1.54, 1.807) is 0 Å². The maximum absolute atomic E-state index is 12.4. The lowest BCUT2D eigenvalue weighted by Crippen LogP contribution is -2.13. The molecular formula is C25H22O3. The molecule has 4 aromatic carbocycles. The van der Waals surface area contributed by atoms with Gasteiger partial charge in [0.25, 0.3) is 0 Å². The molecule has 0 bridgehead atoms. The zero-order valence-electron chi connectivity index (χ0n) is 16.0. The SMILES string of the molecule is CC(OC(=O)OC(C)c1cccc2ccccc12)c1cccc2ccccc12. The van der Waals surface area contributed by atoms with Crippen LogP contribution >= 0.6 is 0 Å². The number of carbonyl (C=O) groups excluding carboxylic acids is 1. The quantitative estimate of drug-likeness (QED) is 0.364. The predicted octanol–water partition coefficient (Wildman–Crippen LogP) is 6.97. The lowest BCUT2D eigenvalue weighted by Gasteiger charge is -2.19. The maximum Gasteiger partial charge on any atom is 0.509 e. The largest absolute Gasteiger partial charge is 0.509 e. The van der Waals surface area contributed by atoms with E-state index in [0.29, 0.717) is 0 Å². The molecule has 0 heterocycles. The Labute approximate surface area is 164 Å². The average molecular weight is 370 g/mol. The fourth-order valence-corrected chi connectivity index (χ4v) is 3.65. The second kappa shape index (κ2) is 7.73.